The molecule has 2 aliphatic rings. The van der Waals surface area contributed by atoms with E-state index >= 15 is 0 Å². The minimum absolute atomic E-state index is 0.0302. The largest absolute Gasteiger partial charge is 0.495 e. The van der Waals surface area contributed by atoms with Crippen LogP contribution in [0.5, 0.6) is 5.75 Å². The van der Waals surface area contributed by atoms with Gasteiger partial charge in [0.05, 0.1) is 32.3 Å². The molecule has 0 saturated carbocycles. The van der Waals surface area contributed by atoms with Crippen molar-refractivity contribution < 1.29 is 18.7 Å². The number of nitrogens with zero attached hydrogens (tertiary/aromatic N) is 8. The minimum Gasteiger partial charge on any atom is -0.495 e. The first-order valence-electron chi connectivity index (χ1n) is 11.1. The van der Waals surface area contributed by atoms with Gasteiger partial charge in [0.25, 0.3) is 0 Å². The second kappa shape index (κ2) is 9.73. The van der Waals surface area contributed by atoms with E-state index in [1.54, 1.807) is 18.3 Å². The zero-order chi connectivity index (χ0) is 24.4. The van der Waals surface area contributed by atoms with Gasteiger partial charge >= 0.3 is 0 Å². The standard InChI is InChI=1S/C23H23FN8O3/c1-34-20-8-16(7-19(24)18(20)9-25)21-12-30-4-5-31(11-17(30)13-35-21)23(33)6-15-2-3-22(26-10-15)32-14-27-28-29-32/h2-3,7-8,10,14,17,21H,4-6,11-13H2,1H3/t17-,21-/m0/s1. The third-order valence-electron chi connectivity index (χ3n) is 6.38. The van der Waals surface area contributed by atoms with Crippen molar-refractivity contribution in [1.82, 2.24) is 35.0 Å². The molecule has 1 amide bonds. The van der Waals surface area contributed by atoms with E-state index in [2.05, 4.69) is 25.4 Å². The van der Waals surface area contributed by atoms with Gasteiger partial charge in [-0.05, 0) is 39.8 Å². The molecule has 5 rings (SSSR count). The maximum absolute atomic E-state index is 14.4. The van der Waals surface area contributed by atoms with Gasteiger partial charge in [-0.25, -0.2) is 9.37 Å². The number of piperazine rings is 1. The lowest BCUT2D eigenvalue weighted by atomic mass is 10.0. The zero-order valence-corrected chi connectivity index (χ0v) is 19.0. The van der Waals surface area contributed by atoms with E-state index in [0.717, 1.165) is 5.56 Å². The lowest BCUT2D eigenvalue weighted by Gasteiger charge is -2.46. The van der Waals surface area contributed by atoms with Gasteiger partial charge in [-0.1, -0.05) is 6.07 Å². The van der Waals surface area contributed by atoms with E-state index in [-0.39, 0.29) is 35.8 Å². The second-order valence-electron chi connectivity index (χ2n) is 8.46. The van der Waals surface area contributed by atoms with Crippen LogP contribution in [0, 0.1) is 17.1 Å². The lowest BCUT2D eigenvalue weighted by Crippen LogP contribution is -2.59. The molecule has 11 nitrogen and oxygen atoms in total. The van der Waals surface area contributed by atoms with Crippen LogP contribution in [0.2, 0.25) is 0 Å². The number of rotatable bonds is 5. The number of carbonyl (C=O) groups is 1. The third kappa shape index (κ3) is 4.68. The topological polar surface area (TPSA) is 122 Å². The van der Waals surface area contributed by atoms with Crippen LogP contribution in [0.4, 0.5) is 4.39 Å². The molecule has 0 aliphatic carbocycles. The first-order valence-corrected chi connectivity index (χ1v) is 11.1. The Morgan fingerprint density at radius 3 is 2.91 bits per heavy atom. The van der Waals surface area contributed by atoms with Gasteiger partial charge in [-0.2, -0.15) is 9.94 Å². The minimum atomic E-state index is -0.622. The number of carbonyl (C=O) groups excluding carboxylic acids is 1. The van der Waals surface area contributed by atoms with Gasteiger partial charge in [0.15, 0.2) is 5.82 Å². The number of amides is 1. The van der Waals surface area contributed by atoms with E-state index in [0.29, 0.717) is 44.2 Å². The van der Waals surface area contributed by atoms with Crippen molar-refractivity contribution in [1.29, 1.82) is 5.26 Å². The van der Waals surface area contributed by atoms with E-state index in [9.17, 15) is 9.18 Å². The number of morpholine rings is 1. The number of pyridine rings is 1. The van der Waals surface area contributed by atoms with Gasteiger partial charge < -0.3 is 14.4 Å². The number of nitriles is 1. The van der Waals surface area contributed by atoms with E-state index < -0.39 is 5.82 Å². The molecular formula is C23H23FN8O3. The highest BCUT2D eigenvalue weighted by atomic mass is 19.1. The van der Waals surface area contributed by atoms with Gasteiger partial charge in [-0.3, -0.25) is 9.69 Å². The molecule has 3 aromatic rings. The van der Waals surface area contributed by atoms with Gasteiger partial charge in [0, 0.05) is 32.4 Å². The number of hydrogen-bond acceptors (Lipinski definition) is 9. The van der Waals surface area contributed by atoms with Crippen LogP contribution in [-0.4, -0.2) is 86.8 Å². The quantitative estimate of drug-likeness (QED) is 0.526. The Labute approximate surface area is 200 Å². The maximum Gasteiger partial charge on any atom is 0.227 e. The van der Waals surface area contributed by atoms with E-state index in [1.165, 1.54) is 24.2 Å². The van der Waals surface area contributed by atoms with E-state index in [4.69, 9.17) is 14.7 Å². The van der Waals surface area contributed by atoms with Crippen molar-refractivity contribution in [3.05, 3.63) is 59.3 Å². The Kier molecular flexibility index (Phi) is 6.35. The predicted molar refractivity (Wildman–Crippen MR) is 119 cm³/mol. The molecule has 180 valence electrons. The third-order valence-corrected chi connectivity index (χ3v) is 6.38. The fourth-order valence-electron chi connectivity index (χ4n) is 4.48. The van der Waals surface area contributed by atoms with Crippen LogP contribution in [0.1, 0.15) is 22.8 Å². The lowest BCUT2D eigenvalue weighted by molar-refractivity contribution is -0.139. The average molecular weight is 478 g/mol. The van der Waals surface area contributed by atoms with Gasteiger partial charge in [0.1, 0.15) is 29.5 Å². The summed E-state index contributed by atoms with van der Waals surface area (Å²) in [4.78, 5) is 21.4. The first-order chi connectivity index (χ1) is 17.1. The van der Waals surface area contributed by atoms with Crippen LogP contribution in [-0.2, 0) is 16.0 Å². The summed E-state index contributed by atoms with van der Waals surface area (Å²) in [5.74, 6) is 0.184. The van der Waals surface area contributed by atoms with Crippen LogP contribution in [0.15, 0.2) is 36.8 Å². The molecule has 2 saturated heterocycles. The number of aromatic nitrogens is 5. The molecule has 1 aromatic carbocycles. The molecule has 2 fully saturated rings. The average Bonchev–Trinajstić information content (AvgIpc) is 3.43. The number of hydrogen-bond donors (Lipinski definition) is 0. The molecule has 2 atom stereocenters. The Morgan fingerprint density at radius 2 is 2.20 bits per heavy atom. The summed E-state index contributed by atoms with van der Waals surface area (Å²) in [5.41, 5.74) is 1.33. The summed E-state index contributed by atoms with van der Waals surface area (Å²) in [6.45, 7) is 2.85. The summed E-state index contributed by atoms with van der Waals surface area (Å²) in [5, 5.41) is 20.1. The van der Waals surface area contributed by atoms with Gasteiger partial charge in [0.2, 0.25) is 5.91 Å². The van der Waals surface area contributed by atoms with Crippen LogP contribution < -0.4 is 4.74 Å². The zero-order valence-electron chi connectivity index (χ0n) is 19.0. The van der Waals surface area contributed by atoms with Crippen LogP contribution in [0.3, 0.4) is 0 Å². The first kappa shape index (κ1) is 22.8. The maximum atomic E-state index is 14.4. The van der Waals surface area contributed by atoms with Crippen LogP contribution in [0.25, 0.3) is 5.82 Å². The summed E-state index contributed by atoms with van der Waals surface area (Å²) in [6, 6.07) is 8.51. The Morgan fingerprint density at radius 1 is 1.31 bits per heavy atom. The highest BCUT2D eigenvalue weighted by molar-refractivity contribution is 5.79. The molecular weight excluding hydrogens is 455 g/mol. The van der Waals surface area contributed by atoms with Crippen molar-refractivity contribution in [3.63, 3.8) is 0 Å². The van der Waals surface area contributed by atoms with Crippen molar-refractivity contribution >= 4 is 5.91 Å². The number of ether oxygens (including phenoxy) is 2. The Bertz CT molecular complexity index is 1240. The highest BCUT2D eigenvalue weighted by Gasteiger charge is 2.36. The molecule has 0 spiro atoms. The molecule has 12 heteroatoms. The molecule has 0 bridgehead atoms. The van der Waals surface area contributed by atoms with Crippen molar-refractivity contribution in [2.45, 2.75) is 18.6 Å². The monoisotopic (exact) mass is 478 g/mol. The van der Waals surface area contributed by atoms with Crippen molar-refractivity contribution in [2.24, 2.45) is 0 Å². The van der Waals surface area contributed by atoms with Gasteiger partial charge in [-0.15, -0.1) is 5.10 Å². The van der Waals surface area contributed by atoms with E-state index in [1.807, 2.05) is 17.0 Å². The predicted octanol–water partition coefficient (Wildman–Crippen LogP) is 0.903. The number of tetrazole rings is 1. The highest BCUT2D eigenvalue weighted by Crippen LogP contribution is 2.32. The summed E-state index contributed by atoms with van der Waals surface area (Å²) >= 11 is 0. The Balaban J connectivity index is 1.19. The smallest absolute Gasteiger partial charge is 0.227 e. The summed E-state index contributed by atoms with van der Waals surface area (Å²) < 4.78 is 27.0. The molecule has 2 aromatic heterocycles. The number of fused-ring (bicyclic) bond motifs is 1. The number of benzene rings is 1. The number of halogens is 1. The molecule has 4 heterocycles. The number of methoxy groups -OCH3 is 1. The summed E-state index contributed by atoms with van der Waals surface area (Å²) in [7, 11) is 1.41. The molecule has 2 aliphatic heterocycles. The molecule has 35 heavy (non-hydrogen) atoms. The Hall–Kier alpha value is -3.95. The van der Waals surface area contributed by atoms with Crippen LogP contribution >= 0.6 is 0 Å². The fraction of sp³-hybridized carbons (Fsp3) is 0.391. The summed E-state index contributed by atoms with van der Waals surface area (Å²) in [6.07, 6.45) is 3.03. The fourth-order valence-corrected chi connectivity index (χ4v) is 4.48. The molecule has 0 radical (unpaired) electrons. The van der Waals surface area contributed by atoms with Crippen molar-refractivity contribution in [3.8, 4) is 17.6 Å². The normalized spacial score (nSPS) is 20.2. The second-order valence-corrected chi connectivity index (χ2v) is 8.46. The molecule has 0 unspecified atom stereocenters. The SMILES string of the molecule is COc1cc([C@@H]2CN3CCN(C(=O)Cc4ccc(-n5cnnn5)nc4)C[C@H]3CO2)cc(F)c1C#N. The van der Waals surface area contributed by atoms with Crippen molar-refractivity contribution in [2.75, 3.05) is 39.9 Å². The molecule has 0 N–H and O–H groups in total.